The first-order chi connectivity index (χ1) is 9.83. The Hall–Kier alpha value is -1.74. The number of aryl methyl sites for hydroxylation is 1. The number of aromatic nitrogens is 2. The van der Waals surface area contributed by atoms with Gasteiger partial charge in [-0.15, -0.1) is 0 Å². The van der Waals surface area contributed by atoms with Crippen LogP contribution < -0.4 is 5.32 Å². The summed E-state index contributed by atoms with van der Waals surface area (Å²) in [7, 11) is 0. The number of nitrogens with zero attached hydrogens (tertiary/aromatic N) is 2. The van der Waals surface area contributed by atoms with Gasteiger partial charge in [-0.25, -0.2) is 9.97 Å². The standard InChI is InChI=1S/C17H23N3/c1-3-10-18-16(17-19-11-5-12-20-17)13-15-8-6-14(4-2)7-9-15/h5-9,11-12,16,18H,3-4,10,13H2,1-2H3. The third-order valence-corrected chi connectivity index (χ3v) is 3.41. The topological polar surface area (TPSA) is 37.8 Å². The van der Waals surface area contributed by atoms with Crippen molar-refractivity contribution in [2.24, 2.45) is 0 Å². The Balaban J connectivity index is 2.10. The van der Waals surface area contributed by atoms with E-state index in [0.717, 1.165) is 31.6 Å². The molecule has 0 saturated carbocycles. The summed E-state index contributed by atoms with van der Waals surface area (Å²) < 4.78 is 0. The smallest absolute Gasteiger partial charge is 0.145 e. The Morgan fingerprint density at radius 3 is 2.25 bits per heavy atom. The minimum absolute atomic E-state index is 0.184. The molecule has 2 rings (SSSR count). The van der Waals surface area contributed by atoms with E-state index in [1.807, 2.05) is 18.5 Å². The fraction of sp³-hybridized carbons (Fsp3) is 0.412. The molecule has 0 radical (unpaired) electrons. The molecule has 2 aromatic rings. The molecule has 0 aliphatic carbocycles. The highest BCUT2D eigenvalue weighted by molar-refractivity contribution is 5.23. The van der Waals surface area contributed by atoms with Gasteiger partial charge in [0, 0.05) is 12.4 Å². The Bertz CT molecular complexity index is 493. The molecule has 1 unspecified atom stereocenters. The van der Waals surface area contributed by atoms with Crippen LogP contribution in [-0.4, -0.2) is 16.5 Å². The maximum atomic E-state index is 4.39. The molecule has 0 saturated heterocycles. The number of benzene rings is 1. The van der Waals surface area contributed by atoms with Gasteiger partial charge in [0.15, 0.2) is 0 Å². The molecule has 20 heavy (non-hydrogen) atoms. The summed E-state index contributed by atoms with van der Waals surface area (Å²) >= 11 is 0. The minimum Gasteiger partial charge on any atom is -0.307 e. The molecule has 0 amide bonds. The van der Waals surface area contributed by atoms with Crippen LogP contribution in [0.1, 0.15) is 43.3 Å². The summed E-state index contributed by atoms with van der Waals surface area (Å²) in [6, 6.07) is 10.9. The highest BCUT2D eigenvalue weighted by Gasteiger charge is 2.13. The third-order valence-electron chi connectivity index (χ3n) is 3.41. The van der Waals surface area contributed by atoms with E-state index >= 15 is 0 Å². The summed E-state index contributed by atoms with van der Waals surface area (Å²) in [6.07, 6.45) is 6.73. The monoisotopic (exact) mass is 269 g/mol. The van der Waals surface area contributed by atoms with E-state index in [1.54, 1.807) is 0 Å². The first-order valence-corrected chi connectivity index (χ1v) is 7.41. The van der Waals surface area contributed by atoms with Crippen LogP contribution in [0.4, 0.5) is 0 Å². The molecule has 1 aromatic heterocycles. The van der Waals surface area contributed by atoms with Gasteiger partial charge in [-0.2, -0.15) is 0 Å². The number of hydrogen-bond donors (Lipinski definition) is 1. The molecule has 0 bridgehead atoms. The third kappa shape index (κ3) is 4.14. The summed E-state index contributed by atoms with van der Waals surface area (Å²) in [4.78, 5) is 8.78. The Labute approximate surface area is 121 Å². The molecule has 1 heterocycles. The molecule has 0 spiro atoms. The van der Waals surface area contributed by atoms with Crippen LogP contribution in [0.5, 0.6) is 0 Å². The van der Waals surface area contributed by atoms with Gasteiger partial charge in [0.2, 0.25) is 0 Å². The van der Waals surface area contributed by atoms with Crippen molar-refractivity contribution in [2.75, 3.05) is 6.54 Å². The lowest BCUT2D eigenvalue weighted by Gasteiger charge is -2.17. The van der Waals surface area contributed by atoms with Gasteiger partial charge >= 0.3 is 0 Å². The van der Waals surface area contributed by atoms with Crippen LogP contribution >= 0.6 is 0 Å². The zero-order chi connectivity index (χ0) is 14.2. The molecule has 1 N–H and O–H groups in total. The second kappa shape index (κ2) is 7.75. The van der Waals surface area contributed by atoms with E-state index in [-0.39, 0.29) is 6.04 Å². The molecular formula is C17H23N3. The first-order valence-electron chi connectivity index (χ1n) is 7.41. The first kappa shape index (κ1) is 14.7. The average molecular weight is 269 g/mol. The van der Waals surface area contributed by atoms with Crippen LogP contribution in [-0.2, 0) is 12.8 Å². The fourth-order valence-electron chi connectivity index (χ4n) is 2.21. The average Bonchev–Trinajstić information content (AvgIpc) is 2.53. The van der Waals surface area contributed by atoms with Crippen molar-refractivity contribution in [3.8, 4) is 0 Å². The van der Waals surface area contributed by atoms with Crippen molar-refractivity contribution in [2.45, 2.75) is 39.2 Å². The summed E-state index contributed by atoms with van der Waals surface area (Å²) in [5.74, 6) is 0.875. The van der Waals surface area contributed by atoms with Crippen molar-refractivity contribution >= 4 is 0 Å². The zero-order valence-corrected chi connectivity index (χ0v) is 12.3. The van der Waals surface area contributed by atoms with E-state index < -0.39 is 0 Å². The van der Waals surface area contributed by atoms with Gasteiger partial charge in [0.1, 0.15) is 5.82 Å². The van der Waals surface area contributed by atoms with Crippen LogP contribution in [0, 0.1) is 0 Å². The predicted molar refractivity (Wildman–Crippen MR) is 82.6 cm³/mol. The summed E-state index contributed by atoms with van der Waals surface area (Å²) in [6.45, 7) is 5.33. The molecule has 3 nitrogen and oxygen atoms in total. The van der Waals surface area contributed by atoms with Crippen LogP contribution in [0.25, 0.3) is 0 Å². The maximum Gasteiger partial charge on any atom is 0.145 e. The molecule has 0 aliphatic rings. The van der Waals surface area contributed by atoms with Crippen LogP contribution in [0.3, 0.4) is 0 Å². The second-order valence-electron chi connectivity index (χ2n) is 4.99. The molecule has 1 aromatic carbocycles. The number of hydrogen-bond acceptors (Lipinski definition) is 3. The van der Waals surface area contributed by atoms with Gasteiger partial charge < -0.3 is 5.32 Å². The Kier molecular flexibility index (Phi) is 5.69. The fourth-order valence-corrected chi connectivity index (χ4v) is 2.21. The largest absolute Gasteiger partial charge is 0.307 e. The lowest BCUT2D eigenvalue weighted by atomic mass is 10.0. The lowest BCUT2D eigenvalue weighted by Crippen LogP contribution is -2.25. The molecule has 0 fully saturated rings. The highest BCUT2D eigenvalue weighted by Crippen LogP contribution is 2.15. The lowest BCUT2D eigenvalue weighted by molar-refractivity contribution is 0.504. The van der Waals surface area contributed by atoms with Gasteiger partial charge in [-0.1, -0.05) is 38.1 Å². The maximum absolute atomic E-state index is 4.39. The van der Waals surface area contributed by atoms with E-state index in [2.05, 4.69) is 53.4 Å². The van der Waals surface area contributed by atoms with E-state index in [0.29, 0.717) is 0 Å². The summed E-state index contributed by atoms with van der Waals surface area (Å²) in [5.41, 5.74) is 2.70. The molecule has 3 heteroatoms. The normalized spacial score (nSPS) is 12.3. The van der Waals surface area contributed by atoms with E-state index in [9.17, 15) is 0 Å². The van der Waals surface area contributed by atoms with Gasteiger partial charge in [0.25, 0.3) is 0 Å². The zero-order valence-electron chi connectivity index (χ0n) is 12.3. The number of rotatable bonds is 7. The Morgan fingerprint density at radius 1 is 1.00 bits per heavy atom. The molecule has 1 atom stereocenters. The molecule has 0 aliphatic heterocycles. The molecule has 106 valence electrons. The van der Waals surface area contributed by atoms with Crippen molar-refractivity contribution in [1.29, 1.82) is 0 Å². The van der Waals surface area contributed by atoms with Crippen LogP contribution in [0.2, 0.25) is 0 Å². The SMILES string of the molecule is CCCNC(Cc1ccc(CC)cc1)c1ncccn1. The highest BCUT2D eigenvalue weighted by atomic mass is 15.0. The molecular weight excluding hydrogens is 246 g/mol. The van der Waals surface area contributed by atoms with E-state index in [4.69, 9.17) is 0 Å². The van der Waals surface area contributed by atoms with Crippen molar-refractivity contribution in [3.05, 3.63) is 59.7 Å². The predicted octanol–water partition coefficient (Wildman–Crippen LogP) is 3.32. The van der Waals surface area contributed by atoms with Crippen LogP contribution in [0.15, 0.2) is 42.7 Å². The quantitative estimate of drug-likeness (QED) is 0.838. The van der Waals surface area contributed by atoms with Gasteiger partial charge in [0.05, 0.1) is 6.04 Å². The van der Waals surface area contributed by atoms with Gasteiger partial charge in [-0.05, 0) is 43.0 Å². The van der Waals surface area contributed by atoms with E-state index in [1.165, 1.54) is 11.1 Å². The minimum atomic E-state index is 0.184. The van der Waals surface area contributed by atoms with Crippen molar-refractivity contribution in [1.82, 2.24) is 15.3 Å². The second-order valence-corrected chi connectivity index (χ2v) is 4.99. The van der Waals surface area contributed by atoms with Crippen molar-refractivity contribution < 1.29 is 0 Å². The summed E-state index contributed by atoms with van der Waals surface area (Å²) in [5, 5.41) is 3.54. The number of nitrogens with one attached hydrogen (secondary N) is 1. The van der Waals surface area contributed by atoms with Crippen molar-refractivity contribution in [3.63, 3.8) is 0 Å². The Morgan fingerprint density at radius 2 is 1.65 bits per heavy atom. The van der Waals surface area contributed by atoms with Gasteiger partial charge in [-0.3, -0.25) is 0 Å².